The van der Waals surface area contributed by atoms with E-state index in [1.165, 1.54) is 18.0 Å². The number of hydrogen-bond donors (Lipinski definition) is 0. The molecule has 1 aromatic heterocycles. The van der Waals surface area contributed by atoms with Gasteiger partial charge in [0, 0.05) is 11.9 Å². The van der Waals surface area contributed by atoms with E-state index < -0.39 is 0 Å². The van der Waals surface area contributed by atoms with E-state index in [1.807, 2.05) is 6.07 Å². The molecule has 2 rings (SSSR count). The van der Waals surface area contributed by atoms with E-state index in [-0.39, 0.29) is 5.56 Å². The summed E-state index contributed by atoms with van der Waals surface area (Å²) in [7, 11) is 3.09. The zero-order chi connectivity index (χ0) is 11.5. The lowest BCUT2D eigenvalue weighted by Gasteiger charge is -2.02. The number of fused-ring (bicyclic) bond motifs is 1. The average Bonchev–Trinajstić information content (AvgIpc) is 2.31. The smallest absolute Gasteiger partial charge is 0.260 e. The van der Waals surface area contributed by atoms with Gasteiger partial charge in [-0.15, -0.1) is 0 Å². The molecular formula is C10H10N2O3S. The molecule has 0 saturated heterocycles. The summed E-state index contributed by atoms with van der Waals surface area (Å²) in [5.74, 6) is 0. The van der Waals surface area contributed by atoms with E-state index in [0.717, 1.165) is 16.9 Å². The zero-order valence-electron chi connectivity index (χ0n) is 8.84. The third kappa shape index (κ3) is 2.08. The van der Waals surface area contributed by atoms with Crippen LogP contribution in [0.2, 0.25) is 0 Å². The summed E-state index contributed by atoms with van der Waals surface area (Å²) in [5.41, 5.74) is 0.592. The molecule has 0 bridgehead atoms. The van der Waals surface area contributed by atoms with E-state index in [2.05, 4.69) is 9.87 Å². The largest absolute Gasteiger partial charge is 0.302 e. The van der Waals surface area contributed by atoms with Crippen LogP contribution >= 0.6 is 12.0 Å². The number of aromatic nitrogens is 2. The lowest BCUT2D eigenvalue weighted by molar-refractivity contribution is -0.160. The molecule has 0 aliphatic carbocycles. The monoisotopic (exact) mass is 238 g/mol. The number of benzene rings is 1. The Bertz CT molecular complexity index is 567. The van der Waals surface area contributed by atoms with Gasteiger partial charge in [0.05, 0.1) is 36.4 Å². The van der Waals surface area contributed by atoms with Crippen molar-refractivity contribution in [3.05, 3.63) is 34.9 Å². The van der Waals surface area contributed by atoms with Gasteiger partial charge < -0.3 is 4.57 Å². The molecule has 0 amide bonds. The minimum Gasteiger partial charge on any atom is -0.302 e. The Hall–Kier alpha value is -1.37. The highest BCUT2D eigenvalue weighted by Gasteiger charge is 2.04. The fourth-order valence-electron chi connectivity index (χ4n) is 1.32. The summed E-state index contributed by atoms with van der Waals surface area (Å²) >= 11 is 1.05. The minimum atomic E-state index is -0.0788. The fraction of sp³-hybridized carbons (Fsp3) is 0.200. The molecule has 0 radical (unpaired) electrons. The summed E-state index contributed by atoms with van der Waals surface area (Å²) in [5, 5.41) is 0.565. The van der Waals surface area contributed by atoms with Crippen molar-refractivity contribution >= 4 is 22.9 Å². The number of nitrogens with zero attached hydrogens (tertiary/aromatic N) is 2. The molecule has 0 atom stereocenters. The van der Waals surface area contributed by atoms with Gasteiger partial charge in [-0.3, -0.25) is 4.79 Å². The second-order valence-electron chi connectivity index (χ2n) is 3.16. The first-order valence-corrected chi connectivity index (χ1v) is 5.29. The van der Waals surface area contributed by atoms with Crippen molar-refractivity contribution in [2.24, 2.45) is 7.05 Å². The van der Waals surface area contributed by atoms with Crippen LogP contribution in [0.5, 0.6) is 0 Å². The van der Waals surface area contributed by atoms with Gasteiger partial charge in [-0.2, -0.15) is 4.33 Å². The lowest BCUT2D eigenvalue weighted by atomic mass is 10.2. The van der Waals surface area contributed by atoms with Gasteiger partial charge in [-0.05, 0) is 18.2 Å². The van der Waals surface area contributed by atoms with Crippen molar-refractivity contribution in [1.82, 2.24) is 9.55 Å². The average molecular weight is 238 g/mol. The van der Waals surface area contributed by atoms with E-state index in [9.17, 15) is 4.79 Å². The first kappa shape index (κ1) is 11.1. The number of aryl methyl sites for hydroxylation is 1. The van der Waals surface area contributed by atoms with Crippen LogP contribution in [0.25, 0.3) is 10.9 Å². The van der Waals surface area contributed by atoms with Gasteiger partial charge in [-0.25, -0.2) is 9.87 Å². The molecular weight excluding hydrogens is 228 g/mol. The third-order valence-corrected chi connectivity index (χ3v) is 2.74. The third-order valence-electron chi connectivity index (χ3n) is 2.09. The van der Waals surface area contributed by atoms with Crippen LogP contribution in [0.1, 0.15) is 0 Å². The summed E-state index contributed by atoms with van der Waals surface area (Å²) in [6.07, 6.45) is 1.50. The molecule has 1 aromatic carbocycles. The standard InChI is InChI=1S/C10H10N2O3S/c1-12-6-11-9-4-3-7(16-15-14-2)5-8(9)10(12)13/h3-6H,1-2H3. The predicted molar refractivity (Wildman–Crippen MR) is 60.9 cm³/mol. The molecule has 0 fully saturated rings. The highest BCUT2D eigenvalue weighted by atomic mass is 32.2. The summed E-state index contributed by atoms with van der Waals surface area (Å²) in [4.78, 5) is 21.2. The molecule has 0 aliphatic heterocycles. The number of hydrogen-bond acceptors (Lipinski definition) is 5. The topological polar surface area (TPSA) is 53.4 Å². The van der Waals surface area contributed by atoms with Crippen LogP contribution in [0.3, 0.4) is 0 Å². The van der Waals surface area contributed by atoms with Gasteiger partial charge in [-0.1, -0.05) is 0 Å². The van der Waals surface area contributed by atoms with Crippen molar-refractivity contribution in [1.29, 1.82) is 0 Å². The molecule has 0 N–H and O–H groups in total. The first-order valence-electron chi connectivity index (χ1n) is 4.55. The molecule has 0 saturated carbocycles. The summed E-state index contributed by atoms with van der Waals surface area (Å²) in [6, 6.07) is 5.32. The zero-order valence-corrected chi connectivity index (χ0v) is 9.65. The fourth-order valence-corrected chi connectivity index (χ4v) is 1.75. The molecule has 0 spiro atoms. The molecule has 2 aromatic rings. The minimum absolute atomic E-state index is 0.0788. The van der Waals surface area contributed by atoms with E-state index >= 15 is 0 Å². The Morgan fingerprint density at radius 3 is 3.00 bits per heavy atom. The Morgan fingerprint density at radius 2 is 2.25 bits per heavy atom. The van der Waals surface area contributed by atoms with Crippen LogP contribution in [-0.2, 0) is 16.3 Å². The van der Waals surface area contributed by atoms with Crippen LogP contribution in [-0.4, -0.2) is 16.7 Å². The van der Waals surface area contributed by atoms with Crippen LogP contribution in [0, 0.1) is 0 Å². The molecule has 16 heavy (non-hydrogen) atoms. The summed E-state index contributed by atoms with van der Waals surface area (Å²) in [6.45, 7) is 0. The molecule has 0 unspecified atom stereocenters. The van der Waals surface area contributed by atoms with Gasteiger partial charge in [0.25, 0.3) is 5.56 Å². The maximum Gasteiger partial charge on any atom is 0.260 e. The van der Waals surface area contributed by atoms with Crippen LogP contribution in [0.15, 0.2) is 34.2 Å². The maximum atomic E-state index is 11.8. The van der Waals surface area contributed by atoms with Gasteiger partial charge in [0.2, 0.25) is 0 Å². The van der Waals surface area contributed by atoms with E-state index in [4.69, 9.17) is 4.33 Å². The first-order chi connectivity index (χ1) is 7.72. The van der Waals surface area contributed by atoms with Crippen LogP contribution in [0.4, 0.5) is 0 Å². The van der Waals surface area contributed by atoms with Gasteiger partial charge in [0.15, 0.2) is 0 Å². The Morgan fingerprint density at radius 1 is 1.44 bits per heavy atom. The molecule has 0 aliphatic rings. The second-order valence-corrected chi connectivity index (χ2v) is 3.93. The summed E-state index contributed by atoms with van der Waals surface area (Å²) < 4.78 is 6.16. The molecule has 6 heteroatoms. The van der Waals surface area contributed by atoms with Crippen molar-refractivity contribution < 1.29 is 9.22 Å². The predicted octanol–water partition coefficient (Wildman–Crippen LogP) is 1.52. The van der Waals surface area contributed by atoms with E-state index in [1.54, 1.807) is 19.2 Å². The molecule has 1 heterocycles. The number of rotatable bonds is 3. The quantitative estimate of drug-likeness (QED) is 0.461. The maximum absolute atomic E-state index is 11.8. The Labute approximate surface area is 96.1 Å². The molecule has 84 valence electrons. The second kappa shape index (κ2) is 4.65. The van der Waals surface area contributed by atoms with Crippen molar-refractivity contribution in [3.8, 4) is 0 Å². The normalized spacial score (nSPS) is 10.9. The van der Waals surface area contributed by atoms with Gasteiger partial charge >= 0.3 is 0 Å². The van der Waals surface area contributed by atoms with Crippen LogP contribution < -0.4 is 5.56 Å². The van der Waals surface area contributed by atoms with Gasteiger partial charge in [0.1, 0.15) is 0 Å². The SMILES string of the molecule is COOSc1ccc2ncn(C)c(=O)c2c1. The molecule has 5 nitrogen and oxygen atoms in total. The lowest BCUT2D eigenvalue weighted by Crippen LogP contribution is -2.16. The Kier molecular flexibility index (Phi) is 3.23. The highest BCUT2D eigenvalue weighted by molar-refractivity contribution is 7.94. The van der Waals surface area contributed by atoms with Crippen molar-refractivity contribution in [2.75, 3.05) is 7.11 Å². The highest BCUT2D eigenvalue weighted by Crippen LogP contribution is 2.21. The Balaban J connectivity index is 2.51. The van der Waals surface area contributed by atoms with Crippen molar-refractivity contribution in [3.63, 3.8) is 0 Å². The van der Waals surface area contributed by atoms with Crippen molar-refractivity contribution in [2.45, 2.75) is 4.90 Å². The van der Waals surface area contributed by atoms with E-state index in [0.29, 0.717) is 10.9 Å².